The van der Waals surface area contributed by atoms with Gasteiger partial charge in [-0.1, -0.05) is 0 Å². The lowest BCUT2D eigenvalue weighted by atomic mass is 10.4. The average Bonchev–Trinajstić information content (AvgIpc) is 3.02. The topological polar surface area (TPSA) is 108 Å². The lowest BCUT2D eigenvalue weighted by molar-refractivity contribution is -0.389. The van der Waals surface area contributed by atoms with Gasteiger partial charge in [0.2, 0.25) is 5.91 Å². The number of nitrogens with zero attached hydrogens (tertiary/aromatic N) is 5. The van der Waals surface area contributed by atoms with Crippen molar-refractivity contribution >= 4 is 11.7 Å². The molecular formula is C13H18N6O3. The van der Waals surface area contributed by atoms with Crippen LogP contribution in [0.1, 0.15) is 17.8 Å². The fourth-order valence-corrected chi connectivity index (χ4v) is 2.02. The number of nitro groups is 1. The van der Waals surface area contributed by atoms with Crippen LogP contribution in [0.5, 0.6) is 0 Å². The van der Waals surface area contributed by atoms with E-state index in [1.165, 1.54) is 10.7 Å². The number of hydrogen-bond acceptors (Lipinski definition) is 5. The van der Waals surface area contributed by atoms with Crippen molar-refractivity contribution in [3.05, 3.63) is 39.8 Å². The van der Waals surface area contributed by atoms with Crippen molar-refractivity contribution in [2.45, 2.75) is 33.4 Å². The molecule has 0 atom stereocenters. The quantitative estimate of drug-likeness (QED) is 0.462. The van der Waals surface area contributed by atoms with E-state index in [1.807, 2.05) is 17.7 Å². The highest BCUT2D eigenvalue weighted by atomic mass is 16.6. The number of aryl methyl sites for hydroxylation is 3. The van der Waals surface area contributed by atoms with Crippen molar-refractivity contribution in [2.24, 2.45) is 0 Å². The second-order valence-corrected chi connectivity index (χ2v) is 4.96. The summed E-state index contributed by atoms with van der Waals surface area (Å²) in [6.45, 7) is 4.86. The van der Waals surface area contributed by atoms with Crippen LogP contribution in [0.25, 0.3) is 0 Å². The molecule has 0 saturated carbocycles. The van der Waals surface area contributed by atoms with Gasteiger partial charge in [0.1, 0.15) is 6.54 Å². The largest absolute Gasteiger partial charge is 0.390 e. The minimum Gasteiger partial charge on any atom is -0.358 e. The monoisotopic (exact) mass is 306 g/mol. The van der Waals surface area contributed by atoms with E-state index in [-0.39, 0.29) is 18.3 Å². The number of aromatic nitrogens is 4. The van der Waals surface area contributed by atoms with Crippen LogP contribution in [-0.2, 0) is 17.9 Å². The lowest BCUT2D eigenvalue weighted by Crippen LogP contribution is -2.29. The fraction of sp³-hybridized carbons (Fsp3) is 0.462. The SMILES string of the molecule is Cc1ccnn1CCCNC(=O)Cn1nc([N+](=O)[O-])cc1C. The van der Waals surface area contributed by atoms with E-state index in [1.54, 1.807) is 13.1 Å². The predicted molar refractivity (Wildman–Crippen MR) is 78.2 cm³/mol. The molecule has 9 heteroatoms. The van der Waals surface area contributed by atoms with Crippen molar-refractivity contribution in [1.82, 2.24) is 24.9 Å². The maximum absolute atomic E-state index is 11.8. The van der Waals surface area contributed by atoms with Gasteiger partial charge in [-0.25, -0.2) is 0 Å². The molecule has 0 fully saturated rings. The molecule has 2 aromatic heterocycles. The maximum atomic E-state index is 11.8. The summed E-state index contributed by atoms with van der Waals surface area (Å²) < 4.78 is 3.19. The highest BCUT2D eigenvalue weighted by Crippen LogP contribution is 2.10. The molecule has 0 aliphatic rings. The summed E-state index contributed by atoms with van der Waals surface area (Å²) in [6.07, 6.45) is 2.49. The van der Waals surface area contributed by atoms with Gasteiger partial charge in [0, 0.05) is 25.0 Å². The molecule has 2 aromatic rings. The van der Waals surface area contributed by atoms with E-state index in [0.29, 0.717) is 12.2 Å². The van der Waals surface area contributed by atoms with Crippen LogP contribution in [0.4, 0.5) is 5.82 Å². The van der Waals surface area contributed by atoms with Crippen LogP contribution in [0, 0.1) is 24.0 Å². The third-order valence-corrected chi connectivity index (χ3v) is 3.25. The molecule has 1 N–H and O–H groups in total. The first-order chi connectivity index (χ1) is 10.5. The molecule has 0 bridgehead atoms. The smallest absolute Gasteiger partial charge is 0.358 e. The van der Waals surface area contributed by atoms with Gasteiger partial charge in [0.05, 0.1) is 16.9 Å². The lowest BCUT2D eigenvalue weighted by Gasteiger charge is -2.06. The molecule has 22 heavy (non-hydrogen) atoms. The second kappa shape index (κ2) is 6.83. The molecule has 0 spiro atoms. The van der Waals surface area contributed by atoms with E-state index < -0.39 is 4.92 Å². The zero-order chi connectivity index (χ0) is 16.1. The predicted octanol–water partition coefficient (Wildman–Crippen LogP) is 0.811. The zero-order valence-corrected chi connectivity index (χ0v) is 12.5. The van der Waals surface area contributed by atoms with Crippen LogP contribution < -0.4 is 5.32 Å². The molecule has 1 amide bonds. The second-order valence-electron chi connectivity index (χ2n) is 4.96. The summed E-state index contributed by atoms with van der Waals surface area (Å²) in [5.41, 5.74) is 1.65. The highest BCUT2D eigenvalue weighted by Gasteiger charge is 2.17. The van der Waals surface area contributed by atoms with Gasteiger partial charge in [0.25, 0.3) is 0 Å². The molecule has 0 saturated heterocycles. The highest BCUT2D eigenvalue weighted by molar-refractivity contribution is 5.75. The van der Waals surface area contributed by atoms with Crippen LogP contribution in [0.2, 0.25) is 0 Å². The van der Waals surface area contributed by atoms with E-state index in [4.69, 9.17) is 0 Å². The summed E-state index contributed by atoms with van der Waals surface area (Å²) in [5.74, 6) is -0.474. The minimum atomic E-state index is -0.576. The number of amides is 1. The Morgan fingerprint density at radius 1 is 1.36 bits per heavy atom. The fourth-order valence-electron chi connectivity index (χ4n) is 2.02. The standard InChI is InChI=1S/C13H18N6O3/c1-10-4-6-15-17(10)7-3-5-14-13(20)9-18-11(2)8-12(16-18)19(21)22/h4,6,8H,3,5,7,9H2,1-2H3,(H,14,20). The van der Waals surface area contributed by atoms with Crippen LogP contribution in [-0.4, -0.2) is 36.9 Å². The summed E-state index contributed by atoms with van der Waals surface area (Å²) in [4.78, 5) is 21.9. The Labute approximate surface area is 127 Å². The molecule has 0 aliphatic carbocycles. The van der Waals surface area contributed by atoms with Crippen molar-refractivity contribution in [1.29, 1.82) is 0 Å². The normalized spacial score (nSPS) is 10.6. The Bertz CT molecular complexity index is 675. The van der Waals surface area contributed by atoms with Gasteiger partial charge < -0.3 is 15.4 Å². The van der Waals surface area contributed by atoms with Gasteiger partial charge in [-0.05, 0) is 31.3 Å². The summed E-state index contributed by atoms with van der Waals surface area (Å²) in [7, 11) is 0. The number of rotatable bonds is 7. The van der Waals surface area contributed by atoms with Crippen molar-refractivity contribution in [3.8, 4) is 0 Å². The first-order valence-electron chi connectivity index (χ1n) is 6.91. The number of nitrogens with one attached hydrogen (secondary N) is 1. The van der Waals surface area contributed by atoms with Gasteiger partial charge in [-0.15, -0.1) is 0 Å². The third-order valence-electron chi connectivity index (χ3n) is 3.25. The molecule has 0 aromatic carbocycles. The Kier molecular flexibility index (Phi) is 4.87. The average molecular weight is 306 g/mol. The number of carbonyl (C=O) groups excluding carboxylic acids is 1. The van der Waals surface area contributed by atoms with Gasteiger partial charge in [-0.2, -0.15) is 9.78 Å². The van der Waals surface area contributed by atoms with E-state index in [0.717, 1.165) is 18.7 Å². The van der Waals surface area contributed by atoms with E-state index in [2.05, 4.69) is 15.5 Å². The molecule has 0 radical (unpaired) electrons. The summed E-state index contributed by atoms with van der Waals surface area (Å²) in [5, 5.41) is 21.3. The van der Waals surface area contributed by atoms with Crippen molar-refractivity contribution in [2.75, 3.05) is 6.54 Å². The Hall–Kier alpha value is -2.71. The van der Waals surface area contributed by atoms with E-state index >= 15 is 0 Å². The molecule has 0 aliphatic heterocycles. The molecule has 2 rings (SSSR count). The summed E-state index contributed by atoms with van der Waals surface area (Å²) in [6, 6.07) is 3.26. The van der Waals surface area contributed by atoms with Crippen molar-refractivity contribution in [3.63, 3.8) is 0 Å². The maximum Gasteiger partial charge on any atom is 0.390 e. The summed E-state index contributed by atoms with van der Waals surface area (Å²) >= 11 is 0. The Balaban J connectivity index is 1.76. The van der Waals surface area contributed by atoms with Crippen LogP contribution >= 0.6 is 0 Å². The third kappa shape index (κ3) is 3.90. The Morgan fingerprint density at radius 3 is 2.73 bits per heavy atom. The first kappa shape index (κ1) is 15.7. The molecule has 0 unspecified atom stereocenters. The first-order valence-corrected chi connectivity index (χ1v) is 6.91. The molecule has 9 nitrogen and oxygen atoms in total. The number of hydrogen-bond donors (Lipinski definition) is 1. The van der Waals surface area contributed by atoms with Crippen LogP contribution in [0.3, 0.4) is 0 Å². The van der Waals surface area contributed by atoms with Gasteiger partial charge in [-0.3, -0.25) is 9.48 Å². The van der Waals surface area contributed by atoms with Crippen molar-refractivity contribution < 1.29 is 9.72 Å². The zero-order valence-electron chi connectivity index (χ0n) is 12.5. The number of carbonyl (C=O) groups is 1. The minimum absolute atomic E-state index is 0.0273. The molecule has 2 heterocycles. The van der Waals surface area contributed by atoms with Gasteiger partial charge in [0.15, 0.2) is 0 Å². The molecule has 118 valence electrons. The Morgan fingerprint density at radius 2 is 2.14 bits per heavy atom. The van der Waals surface area contributed by atoms with E-state index in [9.17, 15) is 14.9 Å². The molecular weight excluding hydrogens is 288 g/mol. The van der Waals surface area contributed by atoms with Crippen LogP contribution in [0.15, 0.2) is 18.3 Å². The van der Waals surface area contributed by atoms with Gasteiger partial charge >= 0.3 is 5.82 Å².